The van der Waals surface area contributed by atoms with Crippen molar-refractivity contribution < 1.29 is 26.0 Å². The number of aryl methyl sites for hydroxylation is 1. The molecule has 1 aliphatic carbocycles. The molecule has 3 rings (SSSR count). The molecule has 0 radical (unpaired) electrons. The Morgan fingerprint density at radius 3 is 2.32 bits per heavy atom. The van der Waals surface area contributed by atoms with Crippen molar-refractivity contribution in [2.24, 2.45) is 0 Å². The molecule has 0 amide bonds. The van der Waals surface area contributed by atoms with Gasteiger partial charge in [-0.1, -0.05) is 6.07 Å². The molecule has 4 nitrogen and oxygen atoms in total. The number of fused-ring (bicyclic) bond motifs is 1. The van der Waals surface area contributed by atoms with Crippen LogP contribution < -0.4 is 10.5 Å². The maximum absolute atomic E-state index is 13.8. The fourth-order valence-corrected chi connectivity index (χ4v) is 4.39. The zero-order chi connectivity index (χ0) is 18.4. The zero-order valence-corrected chi connectivity index (χ0v) is 13.6. The summed E-state index contributed by atoms with van der Waals surface area (Å²) in [6.45, 7) is 0. The van der Waals surface area contributed by atoms with Gasteiger partial charge in [-0.3, -0.25) is 0 Å². The number of nitrogen functional groups attached to an aromatic ring is 1. The van der Waals surface area contributed by atoms with Crippen molar-refractivity contribution in [3.05, 3.63) is 58.7 Å². The molecule has 2 aromatic carbocycles. The van der Waals surface area contributed by atoms with Crippen LogP contribution in [0.15, 0.2) is 29.2 Å². The van der Waals surface area contributed by atoms with Crippen molar-refractivity contribution in [1.82, 2.24) is 4.72 Å². The first-order valence-electron chi connectivity index (χ1n) is 7.44. The van der Waals surface area contributed by atoms with Crippen LogP contribution in [0.1, 0.15) is 30.0 Å². The third-order valence-corrected chi connectivity index (χ3v) is 5.61. The summed E-state index contributed by atoms with van der Waals surface area (Å²) in [5.41, 5.74) is 7.63. The van der Waals surface area contributed by atoms with Crippen molar-refractivity contribution in [2.45, 2.75) is 30.2 Å². The first kappa shape index (κ1) is 17.7. The molecule has 2 aromatic rings. The van der Waals surface area contributed by atoms with Crippen molar-refractivity contribution >= 4 is 15.7 Å². The lowest BCUT2D eigenvalue weighted by Gasteiger charge is -2.26. The molecule has 3 N–H and O–H groups in total. The number of rotatable bonds is 3. The van der Waals surface area contributed by atoms with E-state index in [0.29, 0.717) is 30.5 Å². The standard InChI is InChI=1S/C16H14F4N2O2S/c17-11-7-12(18)15(20)16(14(11)19)25(23,24)22-13-3-1-2-8-6-9(21)4-5-10(8)13/h4-7,13,22H,1-3,21H2. The number of hydrogen-bond donors (Lipinski definition) is 2. The topological polar surface area (TPSA) is 72.2 Å². The Bertz CT molecular complexity index is 921. The Balaban J connectivity index is 2.03. The summed E-state index contributed by atoms with van der Waals surface area (Å²) in [7, 11) is -4.83. The molecule has 25 heavy (non-hydrogen) atoms. The second kappa shape index (κ2) is 6.30. The highest BCUT2D eigenvalue weighted by molar-refractivity contribution is 7.89. The van der Waals surface area contributed by atoms with Gasteiger partial charge in [0.2, 0.25) is 10.0 Å². The third-order valence-electron chi connectivity index (χ3n) is 4.12. The van der Waals surface area contributed by atoms with Gasteiger partial charge in [0, 0.05) is 17.8 Å². The fraction of sp³-hybridized carbons (Fsp3) is 0.250. The molecule has 0 bridgehead atoms. The number of anilines is 1. The highest BCUT2D eigenvalue weighted by Crippen LogP contribution is 2.33. The minimum Gasteiger partial charge on any atom is -0.399 e. The van der Waals surface area contributed by atoms with Crippen molar-refractivity contribution in [3.63, 3.8) is 0 Å². The highest BCUT2D eigenvalue weighted by atomic mass is 32.2. The van der Waals surface area contributed by atoms with E-state index in [-0.39, 0.29) is 6.07 Å². The van der Waals surface area contributed by atoms with E-state index in [0.717, 1.165) is 5.56 Å². The number of sulfonamides is 1. The minimum absolute atomic E-state index is 0.0393. The van der Waals surface area contributed by atoms with Gasteiger partial charge in [-0.2, -0.15) is 0 Å². The lowest BCUT2D eigenvalue weighted by atomic mass is 9.88. The Kier molecular flexibility index (Phi) is 4.46. The quantitative estimate of drug-likeness (QED) is 0.492. The molecule has 1 atom stereocenters. The predicted octanol–water partition coefficient (Wildman–Crippen LogP) is 3.18. The van der Waals surface area contributed by atoms with Crippen LogP contribution >= 0.6 is 0 Å². The van der Waals surface area contributed by atoms with E-state index in [1.54, 1.807) is 18.2 Å². The summed E-state index contributed by atoms with van der Waals surface area (Å²) in [4.78, 5) is -1.66. The summed E-state index contributed by atoms with van der Waals surface area (Å²) in [5.74, 6) is -7.48. The van der Waals surface area contributed by atoms with E-state index in [1.165, 1.54) is 0 Å². The molecule has 0 saturated carbocycles. The van der Waals surface area contributed by atoms with Crippen molar-refractivity contribution in [1.29, 1.82) is 0 Å². The van der Waals surface area contributed by atoms with Crippen LogP contribution in [0.4, 0.5) is 23.2 Å². The van der Waals surface area contributed by atoms with Gasteiger partial charge in [0.25, 0.3) is 0 Å². The molecule has 0 fully saturated rings. The van der Waals surface area contributed by atoms with Crippen LogP contribution in [-0.4, -0.2) is 8.42 Å². The maximum atomic E-state index is 13.8. The fourth-order valence-electron chi connectivity index (χ4n) is 2.99. The first-order chi connectivity index (χ1) is 11.7. The minimum atomic E-state index is -4.83. The predicted molar refractivity (Wildman–Crippen MR) is 83.1 cm³/mol. The van der Waals surface area contributed by atoms with E-state index in [4.69, 9.17) is 5.73 Å². The maximum Gasteiger partial charge on any atom is 0.247 e. The van der Waals surface area contributed by atoms with Gasteiger partial charge >= 0.3 is 0 Å². The average molecular weight is 374 g/mol. The first-order valence-corrected chi connectivity index (χ1v) is 8.92. The molecule has 0 saturated heterocycles. The molecule has 0 spiro atoms. The number of nitrogens with two attached hydrogens (primary N) is 1. The molecule has 0 heterocycles. The summed E-state index contributed by atoms with van der Waals surface area (Å²) in [5, 5.41) is 0. The molecular weight excluding hydrogens is 360 g/mol. The summed E-state index contributed by atoms with van der Waals surface area (Å²) >= 11 is 0. The van der Waals surface area contributed by atoms with E-state index in [1.807, 2.05) is 0 Å². The number of halogens is 4. The Hall–Kier alpha value is -2.13. The Labute approximate surface area is 141 Å². The summed E-state index contributed by atoms with van der Waals surface area (Å²) in [6, 6.07) is 4.07. The second-order valence-electron chi connectivity index (χ2n) is 5.82. The molecule has 134 valence electrons. The lowest BCUT2D eigenvalue weighted by molar-refractivity contribution is 0.415. The normalized spacial score (nSPS) is 17.4. The van der Waals surface area contributed by atoms with Gasteiger partial charge in [-0.15, -0.1) is 0 Å². The van der Waals surface area contributed by atoms with Crippen LogP contribution in [0.3, 0.4) is 0 Å². The summed E-state index contributed by atoms with van der Waals surface area (Å²) in [6.07, 6.45) is 1.67. The zero-order valence-electron chi connectivity index (χ0n) is 12.8. The van der Waals surface area contributed by atoms with Crippen LogP contribution in [0, 0.1) is 23.3 Å². The summed E-state index contributed by atoms with van der Waals surface area (Å²) < 4.78 is 81.2. The van der Waals surface area contributed by atoms with Crippen LogP contribution in [0.25, 0.3) is 0 Å². The highest BCUT2D eigenvalue weighted by Gasteiger charge is 2.33. The van der Waals surface area contributed by atoms with Gasteiger partial charge in [0.05, 0.1) is 0 Å². The molecular formula is C16H14F4N2O2S. The molecule has 1 unspecified atom stereocenters. The van der Waals surface area contributed by atoms with Crippen LogP contribution in [0.5, 0.6) is 0 Å². The van der Waals surface area contributed by atoms with Gasteiger partial charge in [-0.05, 0) is 42.5 Å². The Morgan fingerprint density at radius 1 is 1.04 bits per heavy atom. The van der Waals surface area contributed by atoms with Gasteiger partial charge in [-0.25, -0.2) is 30.7 Å². The second-order valence-corrected chi connectivity index (χ2v) is 7.47. The average Bonchev–Trinajstić information content (AvgIpc) is 2.52. The van der Waals surface area contributed by atoms with Crippen molar-refractivity contribution in [3.8, 4) is 0 Å². The van der Waals surface area contributed by atoms with Gasteiger partial charge in [0.1, 0.15) is 0 Å². The number of nitrogens with one attached hydrogen (secondary N) is 1. The van der Waals surface area contributed by atoms with E-state index in [9.17, 15) is 26.0 Å². The van der Waals surface area contributed by atoms with Gasteiger partial charge < -0.3 is 5.73 Å². The van der Waals surface area contributed by atoms with Crippen LogP contribution in [0.2, 0.25) is 0 Å². The van der Waals surface area contributed by atoms with E-state index in [2.05, 4.69) is 4.72 Å². The third kappa shape index (κ3) is 3.21. The molecule has 0 aliphatic heterocycles. The molecule has 9 heteroatoms. The molecule has 0 aromatic heterocycles. The van der Waals surface area contributed by atoms with Crippen LogP contribution in [-0.2, 0) is 16.4 Å². The van der Waals surface area contributed by atoms with E-state index >= 15 is 0 Å². The van der Waals surface area contributed by atoms with Gasteiger partial charge in [0.15, 0.2) is 28.2 Å². The lowest BCUT2D eigenvalue weighted by Crippen LogP contribution is -2.32. The largest absolute Gasteiger partial charge is 0.399 e. The Morgan fingerprint density at radius 2 is 1.68 bits per heavy atom. The molecule has 1 aliphatic rings. The monoisotopic (exact) mass is 374 g/mol. The smallest absolute Gasteiger partial charge is 0.247 e. The van der Waals surface area contributed by atoms with E-state index < -0.39 is 44.2 Å². The van der Waals surface area contributed by atoms with Crippen molar-refractivity contribution in [2.75, 3.05) is 5.73 Å². The SMILES string of the molecule is Nc1ccc2c(c1)CCCC2NS(=O)(=O)c1c(F)c(F)cc(F)c1F. The number of benzene rings is 2. The number of hydrogen-bond acceptors (Lipinski definition) is 3.